The summed E-state index contributed by atoms with van der Waals surface area (Å²) in [5, 5.41) is 12.0. The molecular formula is C95H73NO12S8. The monoisotopic (exact) mass is 1680 g/mol. The van der Waals surface area contributed by atoms with E-state index < -0.39 is 0 Å². The summed E-state index contributed by atoms with van der Waals surface area (Å²) < 4.78 is 26.5. The van der Waals surface area contributed by atoms with Crippen LogP contribution in [-0.2, 0) is 6.54 Å². The van der Waals surface area contributed by atoms with E-state index >= 15 is 0 Å². The van der Waals surface area contributed by atoms with E-state index in [1.54, 1.807) is 106 Å². The number of thioether (sulfide) groups is 7. The van der Waals surface area contributed by atoms with Crippen molar-refractivity contribution in [3.63, 3.8) is 0 Å². The van der Waals surface area contributed by atoms with E-state index in [-0.39, 0.29) is 41.5 Å². The minimum atomic E-state index is 0.114. The summed E-state index contributed by atoms with van der Waals surface area (Å²) in [5.41, 5.74) is 10.7. The molecule has 578 valence electrons. The van der Waals surface area contributed by atoms with Gasteiger partial charge in [-0.1, -0.05) is 109 Å². The molecule has 15 aromatic rings. The minimum absolute atomic E-state index is 0.114. The molecule has 0 amide bonds. The molecule has 0 aliphatic carbocycles. The van der Waals surface area contributed by atoms with Crippen LogP contribution in [-0.4, -0.2) is 105 Å². The molecule has 9 aliphatic rings. The molecule has 0 spiro atoms. The number of hydrogen-bond acceptors (Lipinski definition) is 20. The fraction of sp³-hybridized carbons (Fsp3) is 0.200. The summed E-state index contributed by atoms with van der Waals surface area (Å²) in [4.78, 5) is 102. The van der Waals surface area contributed by atoms with E-state index in [1.807, 2.05) is 72.8 Å². The number of aryl methyl sites for hydroxylation is 1. The number of aromatic nitrogens is 1. The van der Waals surface area contributed by atoms with Crippen molar-refractivity contribution in [2.24, 2.45) is 0 Å². The Balaban J connectivity index is 0.0000000939. The molecule has 0 bridgehead atoms. The Morgan fingerprint density at radius 2 is 0.750 bits per heavy atom. The maximum Gasteiger partial charge on any atom is 0.231 e. The lowest BCUT2D eigenvalue weighted by Crippen LogP contribution is -2.17. The molecule has 13 nitrogen and oxygen atoms in total. The van der Waals surface area contributed by atoms with E-state index in [4.69, 9.17) is 18.6 Å². The largest absolute Gasteiger partial charge is 0.492 e. The lowest BCUT2D eigenvalue weighted by molar-refractivity contribution is 0.0925. The maximum absolute atomic E-state index is 12.1. The Kier molecular flexibility index (Phi) is 22.7. The van der Waals surface area contributed by atoms with E-state index in [2.05, 4.69) is 133 Å². The van der Waals surface area contributed by atoms with Crippen LogP contribution in [0, 0.1) is 0 Å². The molecule has 0 N–H and O–H groups in total. The molecule has 9 aliphatic heterocycles. The number of para-hydroxylation sites is 2. The third kappa shape index (κ3) is 15.7. The van der Waals surface area contributed by atoms with Crippen LogP contribution in [0.4, 0.5) is 0 Å². The van der Waals surface area contributed by atoms with Crippen LogP contribution < -0.4 is 14.2 Å². The fourth-order valence-electron chi connectivity index (χ4n) is 15.7. The maximum atomic E-state index is 12.1. The first-order valence-corrected chi connectivity index (χ1v) is 46.4. The number of nitrogens with zero attached hydrogens (tertiary/aromatic N) is 1. The number of rotatable bonds is 1. The average Bonchev–Trinajstić information content (AvgIpc) is 1.58. The first-order valence-electron chi connectivity index (χ1n) is 38.7. The smallest absolute Gasteiger partial charge is 0.231 e. The van der Waals surface area contributed by atoms with Gasteiger partial charge < -0.3 is 23.2 Å². The van der Waals surface area contributed by atoms with Gasteiger partial charge in [-0.05, 0) is 126 Å². The summed E-state index contributed by atoms with van der Waals surface area (Å²) in [6.45, 7) is 3.76. The van der Waals surface area contributed by atoms with E-state index in [0.717, 1.165) is 158 Å². The van der Waals surface area contributed by atoms with E-state index in [1.165, 1.54) is 47.4 Å². The molecule has 0 radical (unpaired) electrons. The fourth-order valence-corrected chi connectivity index (χ4v) is 24.1. The second-order valence-corrected chi connectivity index (χ2v) is 37.6. The van der Waals surface area contributed by atoms with Gasteiger partial charge in [-0.15, -0.1) is 93.7 Å². The predicted molar refractivity (Wildman–Crippen MR) is 477 cm³/mol. The Hall–Kier alpha value is -9.81. The van der Waals surface area contributed by atoms with Gasteiger partial charge in [0.25, 0.3) is 0 Å². The highest BCUT2D eigenvalue weighted by Crippen LogP contribution is 2.46. The molecule has 0 unspecified atom stereocenters. The van der Waals surface area contributed by atoms with E-state index in [9.17, 15) is 38.4 Å². The number of fused-ring (bicyclic) bond motifs is 21. The number of thiophene rings is 1. The number of benzene rings is 12. The van der Waals surface area contributed by atoms with Crippen LogP contribution in [0.2, 0.25) is 0 Å². The molecular weight excluding hydrogens is 1600 g/mol. The van der Waals surface area contributed by atoms with Crippen LogP contribution >= 0.6 is 93.7 Å². The topological polar surface area (TPSA) is 182 Å². The predicted octanol–water partition coefficient (Wildman–Crippen LogP) is 25.0. The normalized spacial score (nSPS) is 16.0. The van der Waals surface area contributed by atoms with Gasteiger partial charge in [0, 0.05) is 224 Å². The summed E-state index contributed by atoms with van der Waals surface area (Å²) in [6.07, 6.45) is 4.95. The molecule has 21 heteroatoms. The summed E-state index contributed by atoms with van der Waals surface area (Å²) in [7, 11) is 0. The van der Waals surface area contributed by atoms with Crippen molar-refractivity contribution in [1.29, 1.82) is 0 Å². The number of hydrogen-bond donors (Lipinski definition) is 0. The molecule has 24 rings (SSSR count). The highest BCUT2D eigenvalue weighted by Gasteiger charge is 2.30. The van der Waals surface area contributed by atoms with Gasteiger partial charge in [0.2, 0.25) is 6.79 Å². The van der Waals surface area contributed by atoms with Crippen molar-refractivity contribution in [3.05, 3.63) is 251 Å². The molecule has 0 saturated heterocycles. The number of Topliss-reactive ketones (excluding diaryl/α,β-unsaturated/α-hetero) is 8. The minimum Gasteiger partial charge on any atom is -0.492 e. The highest BCUT2D eigenvalue weighted by atomic mass is 32.2. The van der Waals surface area contributed by atoms with Crippen molar-refractivity contribution >= 4 is 225 Å². The second kappa shape index (κ2) is 34.0. The molecule has 3 aromatic heterocycles. The van der Waals surface area contributed by atoms with Gasteiger partial charge in [0.05, 0.1) is 12.2 Å². The van der Waals surface area contributed by atoms with Crippen molar-refractivity contribution in [2.75, 3.05) is 53.7 Å². The first-order chi connectivity index (χ1) is 56.7. The zero-order valence-corrected chi connectivity index (χ0v) is 69.5. The third-order valence-electron chi connectivity index (χ3n) is 21.5. The van der Waals surface area contributed by atoms with Gasteiger partial charge in [0.1, 0.15) is 16.9 Å². The first kappa shape index (κ1) is 77.4. The standard InChI is InChI=1S/C17H15NOS.C15H10O2S.C15H10OS2.2C13H10OS.C12H10O3S.C10H8O3S/c1-2-18-14-6-4-3-5-11(14)12-10-17-13(9-15(12)18)16(19)7-8-20-17;16-12-5-6-18-15-8-10-9-3-1-2-4-13(9)17-14(10)7-11(12)15;16-12-5-6-17-14-7-10-9-3-1-2-4-13(9)18-15(10)8-11(12)14;14-12-5-6-15-13-8-10-4-2-1-3-9(10)7-11(12)13;14-11-7-8-15-12-6-5-9-3-1-2-4-10(9)13(11)12;13-9-1-3-15-11-5-8-10(14)2-4-16-12(8)6-7(9)11;11-7-1-2-14-10-4-9-8(3-6(7)10)12-5-13-9/h3-6,9-10H,2,7-8H2,1H3;2*1-4,7-8H,5-6H2;1-4,7-8H,5-6H2;1-6H,7-8H2;5-6H,1-4H2;3-4H,1-2,5H2. The SMILES string of the molecule is CCn1c2ccccc2c2cc3c(cc21)C(=O)CCS3.O=C1CCOc2cc3c(cc21)SCCC3=O.O=C1CCSc2cc3c(cc21)OCO3.O=C1CCSc2cc3c(cc21)oc1ccccc13.O=C1CCSc2cc3c(cc21)sc1ccccc13.O=C1CCSc2cc3ccccc3cc21.O=C1CCSc2ccc3ccccc3c21. The third-order valence-corrected chi connectivity index (χ3v) is 30.1. The quantitative estimate of drug-likeness (QED) is 0.151. The van der Waals surface area contributed by atoms with E-state index in [0.29, 0.717) is 92.2 Å². The van der Waals surface area contributed by atoms with Gasteiger partial charge in [-0.2, -0.15) is 0 Å². The summed E-state index contributed by atoms with van der Waals surface area (Å²) >= 11 is 14.1. The van der Waals surface area contributed by atoms with Gasteiger partial charge in [-0.3, -0.25) is 38.4 Å². The molecule has 12 aromatic carbocycles. The van der Waals surface area contributed by atoms with Crippen LogP contribution in [0.1, 0.15) is 141 Å². The molecule has 12 heterocycles. The Morgan fingerprint density at radius 3 is 1.40 bits per heavy atom. The molecule has 0 saturated carbocycles. The lowest BCUT2D eigenvalue weighted by atomic mass is 10.00. The van der Waals surface area contributed by atoms with Crippen molar-refractivity contribution in [2.45, 2.75) is 99.1 Å². The Bertz CT molecular complexity index is 6420. The van der Waals surface area contributed by atoms with Crippen LogP contribution in [0.5, 0.6) is 17.2 Å². The summed E-state index contributed by atoms with van der Waals surface area (Å²) in [6, 6.07) is 69.4. The molecule has 0 fully saturated rings. The highest BCUT2D eigenvalue weighted by molar-refractivity contribution is 8.01. The molecule has 116 heavy (non-hydrogen) atoms. The number of carbonyl (C=O) groups is 8. The van der Waals surface area contributed by atoms with Crippen LogP contribution in [0.3, 0.4) is 0 Å². The van der Waals surface area contributed by atoms with Crippen molar-refractivity contribution < 1.29 is 57.0 Å². The Morgan fingerprint density at radius 1 is 0.293 bits per heavy atom. The number of carbonyl (C=O) groups excluding carboxylic acids is 8. The second-order valence-electron chi connectivity index (χ2n) is 28.6. The number of ketones is 8. The Labute approximate surface area is 701 Å². The van der Waals surface area contributed by atoms with Crippen molar-refractivity contribution in [1.82, 2.24) is 4.57 Å². The zero-order valence-electron chi connectivity index (χ0n) is 63.0. The average molecular weight is 1680 g/mol. The lowest BCUT2D eigenvalue weighted by Gasteiger charge is -2.21. The molecule has 0 atom stereocenters. The van der Waals surface area contributed by atoms with Gasteiger partial charge >= 0.3 is 0 Å². The summed E-state index contributed by atoms with van der Waals surface area (Å²) in [5.74, 6) is 10.1. The van der Waals surface area contributed by atoms with Crippen molar-refractivity contribution in [3.8, 4) is 17.2 Å². The number of ether oxygens (including phenoxy) is 3. The van der Waals surface area contributed by atoms with Crippen LogP contribution in [0.25, 0.3) is 85.5 Å². The van der Waals surface area contributed by atoms with Gasteiger partial charge in [-0.25, -0.2) is 0 Å². The van der Waals surface area contributed by atoms with Gasteiger partial charge in [0.15, 0.2) is 57.8 Å². The van der Waals surface area contributed by atoms with Crippen LogP contribution in [0.15, 0.2) is 245 Å². The zero-order chi connectivity index (χ0) is 79.1. The number of furan rings is 1.